The van der Waals surface area contributed by atoms with Crippen LogP contribution in [0.25, 0.3) is 0 Å². The minimum absolute atomic E-state index is 0.378. The second kappa shape index (κ2) is 4.84. The number of phenolic OH excluding ortho intramolecular Hbond substituents is 2. The molecule has 0 heterocycles. The van der Waals surface area contributed by atoms with E-state index >= 15 is 0 Å². The van der Waals surface area contributed by atoms with E-state index in [1.54, 1.807) is 0 Å². The molecule has 0 radical (unpaired) electrons. The van der Waals surface area contributed by atoms with Gasteiger partial charge in [-0.25, -0.2) is 0 Å². The lowest BCUT2D eigenvalue weighted by atomic mass is 9.82. The first kappa shape index (κ1) is 15.1. The number of nitro groups is 2. The zero-order valence-corrected chi connectivity index (χ0v) is 11.5. The maximum atomic E-state index is 12.5. The van der Waals surface area contributed by atoms with Crippen LogP contribution in [0.3, 0.4) is 0 Å². The molecule has 0 aromatic heterocycles. The Hall–Kier alpha value is -3.82. The quantitative estimate of drug-likeness (QED) is 0.530. The summed E-state index contributed by atoms with van der Waals surface area (Å²) >= 11 is 0. The summed E-state index contributed by atoms with van der Waals surface area (Å²) in [5, 5.41) is 41.5. The average molecular weight is 330 g/mol. The van der Waals surface area contributed by atoms with Gasteiger partial charge in [0.1, 0.15) is 11.3 Å². The maximum Gasteiger partial charge on any atom is 0.322 e. The maximum absolute atomic E-state index is 12.5. The molecule has 24 heavy (non-hydrogen) atoms. The molecule has 0 unspecified atom stereocenters. The molecule has 0 fully saturated rings. The van der Waals surface area contributed by atoms with Gasteiger partial charge in [0.25, 0.3) is 5.69 Å². The van der Waals surface area contributed by atoms with Crippen molar-refractivity contribution in [2.24, 2.45) is 0 Å². The van der Waals surface area contributed by atoms with Gasteiger partial charge in [-0.3, -0.25) is 29.8 Å². The van der Waals surface area contributed by atoms with Gasteiger partial charge in [-0.2, -0.15) is 0 Å². The van der Waals surface area contributed by atoms with Crippen LogP contribution in [-0.4, -0.2) is 31.6 Å². The second-order valence-corrected chi connectivity index (χ2v) is 4.92. The topological polar surface area (TPSA) is 161 Å². The predicted octanol–water partition coefficient (Wildman–Crippen LogP) is 1.69. The van der Waals surface area contributed by atoms with E-state index in [0.717, 1.165) is 18.2 Å². The third-order valence-electron chi connectivity index (χ3n) is 3.60. The first-order valence-corrected chi connectivity index (χ1v) is 6.35. The van der Waals surface area contributed by atoms with E-state index in [1.807, 2.05) is 0 Å². The van der Waals surface area contributed by atoms with Gasteiger partial charge in [-0.1, -0.05) is 0 Å². The molecule has 3 rings (SSSR count). The van der Waals surface area contributed by atoms with Gasteiger partial charge in [-0.05, 0) is 12.1 Å². The molecule has 1 aliphatic carbocycles. The van der Waals surface area contributed by atoms with Gasteiger partial charge in [-0.15, -0.1) is 0 Å². The fourth-order valence-corrected chi connectivity index (χ4v) is 2.59. The summed E-state index contributed by atoms with van der Waals surface area (Å²) in [6.07, 6.45) is 0. The molecule has 2 aromatic carbocycles. The van der Waals surface area contributed by atoms with Crippen molar-refractivity contribution in [2.45, 2.75) is 0 Å². The Labute approximate surface area is 131 Å². The Morgan fingerprint density at radius 1 is 0.792 bits per heavy atom. The molecule has 0 saturated carbocycles. The normalized spacial score (nSPS) is 12.5. The molecular formula is C14H6N2O8. The monoisotopic (exact) mass is 330 g/mol. The van der Waals surface area contributed by atoms with E-state index < -0.39 is 61.0 Å². The molecule has 1 aliphatic rings. The summed E-state index contributed by atoms with van der Waals surface area (Å²) in [4.78, 5) is 45.1. The number of hydrogen-bond donors (Lipinski definition) is 2. The zero-order valence-electron chi connectivity index (χ0n) is 11.5. The van der Waals surface area contributed by atoms with Crippen molar-refractivity contribution in [2.75, 3.05) is 0 Å². The number of fused-ring (bicyclic) bond motifs is 2. The van der Waals surface area contributed by atoms with Crippen LogP contribution in [0.5, 0.6) is 11.5 Å². The van der Waals surface area contributed by atoms with Crippen LogP contribution in [0.15, 0.2) is 24.3 Å². The van der Waals surface area contributed by atoms with Crippen LogP contribution in [0, 0.1) is 20.2 Å². The number of hydrogen-bond acceptors (Lipinski definition) is 8. The van der Waals surface area contributed by atoms with Gasteiger partial charge < -0.3 is 10.2 Å². The number of carbonyl (C=O) groups excluding carboxylic acids is 2. The van der Waals surface area contributed by atoms with Crippen LogP contribution in [0.1, 0.15) is 31.8 Å². The number of ketones is 2. The smallest absolute Gasteiger partial charge is 0.322 e. The third-order valence-corrected chi connectivity index (χ3v) is 3.60. The number of rotatable bonds is 2. The van der Waals surface area contributed by atoms with Gasteiger partial charge in [0, 0.05) is 17.2 Å². The van der Waals surface area contributed by atoms with Crippen LogP contribution in [-0.2, 0) is 0 Å². The Morgan fingerprint density at radius 2 is 1.46 bits per heavy atom. The lowest BCUT2D eigenvalue weighted by Gasteiger charge is -2.18. The zero-order chi connectivity index (χ0) is 17.8. The highest BCUT2D eigenvalue weighted by atomic mass is 16.6. The molecule has 10 nitrogen and oxygen atoms in total. The highest BCUT2D eigenvalue weighted by Gasteiger charge is 2.40. The van der Waals surface area contributed by atoms with E-state index in [1.165, 1.54) is 0 Å². The molecular weight excluding hydrogens is 324 g/mol. The summed E-state index contributed by atoms with van der Waals surface area (Å²) in [6, 6.07) is 3.38. The average Bonchev–Trinajstić information content (AvgIpc) is 2.51. The summed E-state index contributed by atoms with van der Waals surface area (Å²) in [5.74, 6) is -3.64. The molecule has 0 spiro atoms. The molecule has 0 amide bonds. The molecule has 0 bridgehead atoms. The number of nitro benzene ring substituents is 2. The largest absolute Gasteiger partial charge is 0.507 e. The van der Waals surface area contributed by atoms with Gasteiger partial charge in [0.05, 0.1) is 21.5 Å². The lowest BCUT2D eigenvalue weighted by molar-refractivity contribution is -0.386. The van der Waals surface area contributed by atoms with Crippen molar-refractivity contribution < 1.29 is 29.6 Å². The van der Waals surface area contributed by atoms with E-state index in [0.29, 0.717) is 6.07 Å². The van der Waals surface area contributed by atoms with Gasteiger partial charge in [0.2, 0.25) is 5.78 Å². The Bertz CT molecular complexity index is 979. The van der Waals surface area contributed by atoms with Crippen molar-refractivity contribution in [1.29, 1.82) is 0 Å². The first-order chi connectivity index (χ1) is 11.2. The van der Waals surface area contributed by atoms with Crippen LogP contribution in [0.2, 0.25) is 0 Å². The number of benzene rings is 2. The van der Waals surface area contributed by atoms with Gasteiger partial charge >= 0.3 is 5.69 Å². The Balaban J connectivity index is 2.38. The Kier molecular flexibility index (Phi) is 3.04. The lowest BCUT2D eigenvalue weighted by Crippen LogP contribution is -2.22. The molecule has 10 heteroatoms. The first-order valence-electron chi connectivity index (χ1n) is 6.35. The van der Waals surface area contributed by atoms with Crippen molar-refractivity contribution >= 4 is 22.9 Å². The molecule has 0 saturated heterocycles. The highest BCUT2D eigenvalue weighted by molar-refractivity contribution is 6.31. The van der Waals surface area contributed by atoms with Crippen molar-refractivity contribution in [3.63, 3.8) is 0 Å². The van der Waals surface area contributed by atoms with E-state index in [9.17, 15) is 40.0 Å². The summed E-state index contributed by atoms with van der Waals surface area (Å²) in [7, 11) is 0. The number of nitrogens with zero attached hydrogens (tertiary/aromatic N) is 2. The van der Waals surface area contributed by atoms with E-state index in [2.05, 4.69) is 0 Å². The molecule has 0 atom stereocenters. The fraction of sp³-hybridized carbons (Fsp3) is 0. The van der Waals surface area contributed by atoms with E-state index in [-0.39, 0.29) is 5.56 Å². The minimum atomic E-state index is -1.07. The third kappa shape index (κ3) is 1.90. The van der Waals surface area contributed by atoms with Crippen molar-refractivity contribution in [1.82, 2.24) is 0 Å². The summed E-state index contributed by atoms with van der Waals surface area (Å²) in [5.41, 5.74) is -3.62. The predicted molar refractivity (Wildman–Crippen MR) is 76.4 cm³/mol. The number of aromatic hydroxyl groups is 2. The number of carbonyl (C=O) groups is 2. The Morgan fingerprint density at radius 3 is 2.04 bits per heavy atom. The summed E-state index contributed by atoms with van der Waals surface area (Å²) in [6.45, 7) is 0. The van der Waals surface area contributed by atoms with Crippen LogP contribution in [0.4, 0.5) is 11.4 Å². The minimum Gasteiger partial charge on any atom is -0.507 e. The molecule has 2 aromatic rings. The van der Waals surface area contributed by atoms with E-state index in [4.69, 9.17) is 0 Å². The SMILES string of the molecule is O=C1c2cc([N+](=O)[O-])cc(O)c2C(=O)c2c1ccc(O)c2[N+](=O)[O-]. The van der Waals surface area contributed by atoms with Crippen LogP contribution < -0.4 is 0 Å². The standard InChI is InChI=1S/C14H6N2O8/c17-8-2-1-6-11(12(8)16(23)24)14(20)10-7(13(6)19)3-5(15(21)22)4-9(10)18/h1-4,17-18H. The number of non-ortho nitro benzene ring substituents is 1. The number of phenols is 2. The molecule has 0 aliphatic heterocycles. The van der Waals surface area contributed by atoms with Gasteiger partial charge in [0.15, 0.2) is 11.5 Å². The fourth-order valence-electron chi connectivity index (χ4n) is 2.59. The highest BCUT2D eigenvalue weighted by Crippen LogP contribution is 2.41. The molecule has 2 N–H and O–H groups in total. The second-order valence-electron chi connectivity index (χ2n) is 4.92. The van der Waals surface area contributed by atoms with Crippen molar-refractivity contribution in [3.05, 3.63) is 66.7 Å². The van der Waals surface area contributed by atoms with Crippen molar-refractivity contribution in [3.8, 4) is 11.5 Å². The summed E-state index contributed by atoms with van der Waals surface area (Å²) < 4.78 is 0. The molecule has 120 valence electrons. The van der Waals surface area contributed by atoms with Crippen LogP contribution >= 0.6 is 0 Å².